The molecule has 4 aromatic carbocycles. The van der Waals surface area contributed by atoms with Gasteiger partial charge in [0.15, 0.2) is 11.6 Å². The average Bonchev–Trinajstić information content (AvgIpc) is 2.95. The summed E-state index contributed by atoms with van der Waals surface area (Å²) in [7, 11) is 0. The van der Waals surface area contributed by atoms with Crippen LogP contribution in [0.4, 0.5) is 0 Å². The summed E-state index contributed by atoms with van der Waals surface area (Å²) in [6.45, 7) is 0. The Labute approximate surface area is 252 Å². The molecule has 4 rings (SSSR count). The third-order valence-corrected chi connectivity index (χ3v) is 4.96. The summed E-state index contributed by atoms with van der Waals surface area (Å²) in [4.78, 5) is 23.2. The van der Waals surface area contributed by atoms with Gasteiger partial charge in [0.05, 0.1) is 0 Å². The Morgan fingerprint density at radius 3 is 0.711 bits per heavy atom. The van der Waals surface area contributed by atoms with E-state index in [-0.39, 0.29) is 52.4 Å². The first-order chi connectivity index (χ1) is 17.7. The van der Waals surface area contributed by atoms with Crippen molar-refractivity contribution < 1.29 is 50.4 Å². The number of hydrogen-bond acceptors (Lipinski definition) is 2. The van der Waals surface area contributed by atoms with E-state index in [1.807, 2.05) is 146 Å². The van der Waals surface area contributed by atoms with E-state index < -0.39 is 0 Å². The quantitative estimate of drug-likeness (QED) is 0.140. The van der Waals surface area contributed by atoms with Crippen LogP contribution in [0.2, 0.25) is 0 Å². The molecule has 0 bridgehead atoms. The molecule has 38 heavy (non-hydrogen) atoms. The number of benzene rings is 4. The molecule has 2 nitrogen and oxygen atoms in total. The van der Waals surface area contributed by atoms with Gasteiger partial charge in [0.2, 0.25) is 0 Å². The number of hydrogen-bond donors (Lipinski definition) is 0. The molecule has 0 aliphatic carbocycles. The molecule has 0 aromatic heterocycles. The van der Waals surface area contributed by atoms with E-state index in [0.29, 0.717) is 0 Å². The smallest absolute Gasteiger partial charge is 0.178 e. The van der Waals surface area contributed by atoms with Crippen molar-refractivity contribution in [2.45, 2.75) is 0 Å². The summed E-state index contributed by atoms with van der Waals surface area (Å²) in [5.41, 5.74) is 4.11. The van der Waals surface area contributed by atoms with Crippen LogP contribution in [0.15, 0.2) is 146 Å². The minimum Gasteiger partial charge on any atom is -0.290 e. The van der Waals surface area contributed by atoms with Crippen LogP contribution in [-0.4, -0.2) is 11.6 Å². The normalized spacial score (nSPS) is 10.5. The van der Waals surface area contributed by atoms with Gasteiger partial charge in [-0.3, -0.25) is 9.59 Å². The molecule has 0 atom stereocenters. The Morgan fingerprint density at radius 1 is 0.342 bits per heavy atom. The van der Waals surface area contributed by atoms with Crippen molar-refractivity contribution in [1.29, 1.82) is 0 Å². The van der Waals surface area contributed by atoms with Gasteiger partial charge in [0.1, 0.15) is 0 Å². The van der Waals surface area contributed by atoms with Gasteiger partial charge in [-0.05, 0) is 46.6 Å². The van der Waals surface area contributed by atoms with Crippen LogP contribution in [0.25, 0.3) is 24.3 Å². The fourth-order valence-corrected chi connectivity index (χ4v) is 3.08. The first-order valence-corrected chi connectivity index (χ1v) is 11.7. The number of carbonyl (C=O) groups excluding carboxylic acids is 2. The summed E-state index contributed by atoms with van der Waals surface area (Å²) in [5.74, 6) is -0.0228. The molecule has 196 valence electrons. The van der Waals surface area contributed by atoms with Crippen molar-refractivity contribution in [2.75, 3.05) is 0 Å². The summed E-state index contributed by atoms with van der Waals surface area (Å²) in [5, 5.41) is 0. The van der Waals surface area contributed by atoms with Crippen LogP contribution in [0.5, 0.6) is 0 Å². The molecule has 0 amide bonds. The molecule has 4 heteroatoms. The van der Waals surface area contributed by atoms with E-state index in [1.54, 1.807) is 24.3 Å². The molecule has 0 saturated carbocycles. The minimum absolute atomic E-state index is 0. The van der Waals surface area contributed by atoms with E-state index in [0.717, 1.165) is 22.3 Å². The Hall–Kier alpha value is -3.50. The van der Waals surface area contributed by atoms with Gasteiger partial charge in [-0.25, -0.2) is 0 Å². The molecule has 0 fully saturated rings. The van der Waals surface area contributed by atoms with E-state index in [9.17, 15) is 9.59 Å². The second-order valence-electron chi connectivity index (χ2n) is 7.78. The van der Waals surface area contributed by atoms with Crippen molar-refractivity contribution in [1.82, 2.24) is 0 Å². The first-order valence-electron chi connectivity index (χ1n) is 11.7. The standard InChI is InChI=1S/2C17H14O.2Pd/c2*18-17(13-11-15-7-3-1-4-8-15)14-12-16-9-5-2-6-10-16;;/h2*1-14H;;. The minimum atomic E-state index is -0.0114. The monoisotopic (exact) mass is 680 g/mol. The van der Waals surface area contributed by atoms with Gasteiger partial charge in [-0.2, -0.15) is 0 Å². The van der Waals surface area contributed by atoms with Crippen LogP contribution in [0.3, 0.4) is 0 Å². The fraction of sp³-hybridized carbons (Fsp3) is 0. The third-order valence-electron chi connectivity index (χ3n) is 4.96. The number of rotatable bonds is 8. The van der Waals surface area contributed by atoms with Crippen LogP contribution < -0.4 is 0 Å². The molecule has 0 saturated heterocycles. The van der Waals surface area contributed by atoms with E-state index in [4.69, 9.17) is 0 Å². The van der Waals surface area contributed by atoms with Crippen molar-refractivity contribution in [3.8, 4) is 0 Å². The molecule has 0 aliphatic rings. The maximum absolute atomic E-state index is 11.6. The van der Waals surface area contributed by atoms with E-state index >= 15 is 0 Å². The van der Waals surface area contributed by atoms with Crippen molar-refractivity contribution in [3.63, 3.8) is 0 Å². The molecule has 0 spiro atoms. The molecule has 0 heterocycles. The van der Waals surface area contributed by atoms with Crippen LogP contribution >= 0.6 is 0 Å². The molecular weight excluding hydrogens is 653 g/mol. The molecule has 0 unspecified atom stereocenters. The number of carbonyl (C=O) groups is 2. The average molecular weight is 681 g/mol. The van der Waals surface area contributed by atoms with Crippen molar-refractivity contribution in [3.05, 3.63) is 168 Å². The Bertz CT molecular complexity index is 1120. The Balaban J connectivity index is 0.000000361. The largest absolute Gasteiger partial charge is 0.290 e. The maximum atomic E-state index is 11.6. The number of allylic oxidation sites excluding steroid dienone is 4. The van der Waals surface area contributed by atoms with Gasteiger partial charge >= 0.3 is 0 Å². The molecule has 0 N–H and O–H groups in total. The van der Waals surface area contributed by atoms with Crippen molar-refractivity contribution >= 4 is 35.9 Å². The van der Waals surface area contributed by atoms with Gasteiger partial charge in [0.25, 0.3) is 0 Å². The topological polar surface area (TPSA) is 34.1 Å². The zero-order chi connectivity index (χ0) is 25.3. The third kappa shape index (κ3) is 13.7. The Morgan fingerprint density at radius 2 is 0.526 bits per heavy atom. The Kier molecular flexibility index (Phi) is 16.8. The summed E-state index contributed by atoms with van der Waals surface area (Å²) >= 11 is 0. The predicted octanol–water partition coefficient (Wildman–Crippen LogP) is 7.96. The zero-order valence-corrected chi connectivity index (χ0v) is 23.7. The SMILES string of the molecule is O=C(C=Cc1ccccc1)C=Cc1ccccc1.O=C(C=Cc1ccccc1)C=Cc1ccccc1.[Pd].[Pd]. The first kappa shape index (κ1) is 32.5. The molecule has 4 aromatic rings. The fourth-order valence-electron chi connectivity index (χ4n) is 3.08. The number of ketones is 2. The van der Waals surface area contributed by atoms with E-state index in [1.165, 1.54) is 0 Å². The summed E-state index contributed by atoms with van der Waals surface area (Å²) < 4.78 is 0. The molecule has 0 aliphatic heterocycles. The zero-order valence-electron chi connectivity index (χ0n) is 20.6. The molecule has 0 radical (unpaired) electrons. The van der Waals surface area contributed by atoms with Gasteiger partial charge in [-0.15, -0.1) is 0 Å². The van der Waals surface area contributed by atoms with Gasteiger partial charge in [-0.1, -0.05) is 146 Å². The van der Waals surface area contributed by atoms with E-state index in [2.05, 4.69) is 0 Å². The molecular formula is C34H28O2Pd2. The second kappa shape index (κ2) is 19.6. The van der Waals surface area contributed by atoms with Crippen LogP contribution in [0, 0.1) is 0 Å². The maximum Gasteiger partial charge on any atom is 0.178 e. The van der Waals surface area contributed by atoms with Crippen molar-refractivity contribution in [2.24, 2.45) is 0 Å². The van der Waals surface area contributed by atoms with Gasteiger partial charge in [0, 0.05) is 40.8 Å². The summed E-state index contributed by atoms with van der Waals surface area (Å²) in [6.07, 6.45) is 13.6. The van der Waals surface area contributed by atoms with Crippen LogP contribution in [0.1, 0.15) is 22.3 Å². The second-order valence-corrected chi connectivity index (χ2v) is 7.78. The van der Waals surface area contributed by atoms with Gasteiger partial charge < -0.3 is 0 Å². The predicted molar refractivity (Wildman–Crippen MR) is 152 cm³/mol. The van der Waals surface area contributed by atoms with Crippen LogP contribution in [-0.2, 0) is 50.4 Å². The summed E-state index contributed by atoms with van der Waals surface area (Å²) in [6, 6.07) is 39.1.